The van der Waals surface area contributed by atoms with Gasteiger partial charge in [-0.15, -0.1) is 0 Å². The Balaban J connectivity index is 1.86. The summed E-state index contributed by atoms with van der Waals surface area (Å²) >= 11 is 12.1. The fourth-order valence-corrected chi connectivity index (χ4v) is 3.67. The van der Waals surface area contributed by atoms with E-state index in [0.29, 0.717) is 26.9 Å². The fourth-order valence-electron chi connectivity index (χ4n) is 3.42. The lowest BCUT2D eigenvalue weighted by Gasteiger charge is -2.32. The molecule has 1 amide bonds. The second kappa shape index (κ2) is 10.0. The number of carbonyl (C=O) groups is 1. The standard InChI is InChI=1S/C27H20Cl2N2O2/c28-23-15-11-21(12-16-23)27(33,22-13-17-24(29)18-14-22)26(32)31(25-9-5-2-6-10-25)30-19-20-7-3-1-4-8-20/h1-19,33H. The van der Waals surface area contributed by atoms with E-state index < -0.39 is 11.5 Å². The van der Waals surface area contributed by atoms with Gasteiger partial charge in [0.1, 0.15) is 0 Å². The van der Waals surface area contributed by atoms with E-state index in [-0.39, 0.29) is 0 Å². The molecule has 4 aromatic carbocycles. The lowest BCUT2D eigenvalue weighted by atomic mass is 9.85. The number of nitrogens with zero attached hydrogens (tertiary/aromatic N) is 2. The van der Waals surface area contributed by atoms with Gasteiger partial charge in [0.25, 0.3) is 5.91 Å². The van der Waals surface area contributed by atoms with E-state index in [2.05, 4.69) is 5.10 Å². The lowest BCUT2D eigenvalue weighted by Crippen LogP contribution is -2.46. The number of para-hydroxylation sites is 1. The van der Waals surface area contributed by atoms with E-state index in [0.717, 1.165) is 5.56 Å². The van der Waals surface area contributed by atoms with Crippen LogP contribution in [-0.4, -0.2) is 17.2 Å². The van der Waals surface area contributed by atoms with Crippen LogP contribution in [0.5, 0.6) is 0 Å². The van der Waals surface area contributed by atoms with Crippen LogP contribution >= 0.6 is 23.2 Å². The monoisotopic (exact) mass is 474 g/mol. The molecule has 0 aliphatic rings. The minimum absolute atomic E-state index is 0.357. The number of hydrogen-bond donors (Lipinski definition) is 1. The van der Waals surface area contributed by atoms with Gasteiger partial charge in [0, 0.05) is 10.0 Å². The summed E-state index contributed by atoms with van der Waals surface area (Å²) in [5.74, 6) is -0.648. The summed E-state index contributed by atoms with van der Waals surface area (Å²) in [4.78, 5) is 14.1. The van der Waals surface area contributed by atoms with Gasteiger partial charge in [-0.25, -0.2) is 0 Å². The maximum Gasteiger partial charge on any atom is 0.288 e. The Kier molecular flexibility index (Phi) is 6.90. The molecule has 4 aromatic rings. The average molecular weight is 475 g/mol. The number of benzene rings is 4. The van der Waals surface area contributed by atoms with Crippen molar-refractivity contribution in [2.45, 2.75) is 5.60 Å². The Hall–Kier alpha value is -3.44. The normalized spacial score (nSPS) is 11.5. The van der Waals surface area contributed by atoms with Gasteiger partial charge in [0.2, 0.25) is 0 Å². The molecule has 0 radical (unpaired) electrons. The molecule has 4 nitrogen and oxygen atoms in total. The fraction of sp³-hybridized carbons (Fsp3) is 0.0370. The number of hydrazone groups is 1. The third kappa shape index (κ3) is 4.99. The predicted molar refractivity (Wildman–Crippen MR) is 134 cm³/mol. The third-order valence-electron chi connectivity index (χ3n) is 5.15. The maximum absolute atomic E-state index is 14.1. The zero-order valence-corrected chi connectivity index (χ0v) is 19.0. The number of amides is 1. The van der Waals surface area contributed by atoms with E-state index in [1.807, 2.05) is 36.4 Å². The second-order valence-corrected chi connectivity index (χ2v) is 8.20. The van der Waals surface area contributed by atoms with Crippen molar-refractivity contribution in [3.05, 3.63) is 136 Å². The molecule has 0 bridgehead atoms. The van der Waals surface area contributed by atoms with Crippen molar-refractivity contribution in [2.24, 2.45) is 5.10 Å². The SMILES string of the molecule is O=C(N(N=Cc1ccccc1)c1ccccc1)C(O)(c1ccc(Cl)cc1)c1ccc(Cl)cc1. The van der Waals surface area contributed by atoms with Crippen LogP contribution in [0.4, 0.5) is 5.69 Å². The molecular formula is C27H20Cl2N2O2. The molecule has 0 aliphatic heterocycles. The quantitative estimate of drug-likeness (QED) is 0.263. The van der Waals surface area contributed by atoms with E-state index in [1.54, 1.807) is 79.0 Å². The lowest BCUT2D eigenvalue weighted by molar-refractivity contribution is -0.133. The Morgan fingerprint density at radius 2 is 1.18 bits per heavy atom. The topological polar surface area (TPSA) is 52.9 Å². The number of anilines is 1. The number of aliphatic hydroxyl groups is 1. The highest BCUT2D eigenvalue weighted by Crippen LogP contribution is 2.35. The van der Waals surface area contributed by atoms with Crippen molar-refractivity contribution in [2.75, 3.05) is 5.01 Å². The van der Waals surface area contributed by atoms with Gasteiger partial charge in [-0.1, -0.05) is 96.0 Å². The van der Waals surface area contributed by atoms with Gasteiger partial charge in [0.05, 0.1) is 11.9 Å². The number of hydrogen-bond acceptors (Lipinski definition) is 3. The molecule has 0 heterocycles. The zero-order valence-electron chi connectivity index (χ0n) is 17.5. The molecule has 33 heavy (non-hydrogen) atoms. The first-order valence-electron chi connectivity index (χ1n) is 10.2. The Bertz CT molecular complexity index is 1200. The largest absolute Gasteiger partial charge is 0.372 e. The van der Waals surface area contributed by atoms with Crippen molar-refractivity contribution >= 4 is 41.0 Å². The van der Waals surface area contributed by atoms with Gasteiger partial charge in [-0.3, -0.25) is 4.79 Å². The predicted octanol–water partition coefficient (Wildman–Crippen LogP) is 6.30. The molecule has 0 aliphatic carbocycles. The Labute approximate surface area is 202 Å². The summed E-state index contributed by atoms with van der Waals surface area (Å²) in [5, 5.41) is 18.6. The minimum Gasteiger partial charge on any atom is -0.372 e. The van der Waals surface area contributed by atoms with E-state index in [1.165, 1.54) is 5.01 Å². The van der Waals surface area contributed by atoms with Crippen molar-refractivity contribution < 1.29 is 9.90 Å². The molecule has 0 saturated heterocycles. The summed E-state index contributed by atoms with van der Waals surface area (Å²) in [6, 6.07) is 31.4. The second-order valence-electron chi connectivity index (χ2n) is 7.33. The van der Waals surface area contributed by atoms with Crippen LogP contribution in [0.1, 0.15) is 16.7 Å². The molecule has 0 unspecified atom stereocenters. The first-order chi connectivity index (χ1) is 16.0. The molecule has 1 N–H and O–H groups in total. The smallest absolute Gasteiger partial charge is 0.288 e. The summed E-state index contributed by atoms with van der Waals surface area (Å²) in [5.41, 5.74) is -0.00658. The number of carbonyl (C=O) groups excluding carboxylic acids is 1. The van der Waals surface area contributed by atoms with E-state index in [9.17, 15) is 9.90 Å². The molecule has 0 saturated carbocycles. The summed E-state index contributed by atoms with van der Waals surface area (Å²) in [6.45, 7) is 0. The molecule has 0 fully saturated rings. The van der Waals surface area contributed by atoms with E-state index >= 15 is 0 Å². The highest BCUT2D eigenvalue weighted by Gasteiger charge is 2.43. The molecule has 4 rings (SSSR count). The van der Waals surface area contributed by atoms with Crippen molar-refractivity contribution in [3.8, 4) is 0 Å². The van der Waals surface area contributed by atoms with Crippen molar-refractivity contribution in [1.82, 2.24) is 0 Å². The summed E-state index contributed by atoms with van der Waals surface area (Å²) < 4.78 is 0. The van der Waals surface area contributed by atoms with Crippen LogP contribution in [0.15, 0.2) is 114 Å². The van der Waals surface area contributed by atoms with E-state index in [4.69, 9.17) is 23.2 Å². The van der Waals surface area contributed by atoms with Crippen LogP contribution in [0.25, 0.3) is 0 Å². The number of rotatable bonds is 6. The van der Waals surface area contributed by atoms with Gasteiger partial charge in [-0.2, -0.15) is 10.1 Å². The number of halogens is 2. The van der Waals surface area contributed by atoms with Gasteiger partial charge < -0.3 is 5.11 Å². The first kappa shape index (κ1) is 22.7. The minimum atomic E-state index is -2.04. The van der Waals surface area contributed by atoms with Gasteiger partial charge in [-0.05, 0) is 53.1 Å². The van der Waals surface area contributed by atoms with Crippen molar-refractivity contribution in [1.29, 1.82) is 0 Å². The summed E-state index contributed by atoms with van der Waals surface area (Å²) in [6.07, 6.45) is 1.58. The summed E-state index contributed by atoms with van der Waals surface area (Å²) in [7, 11) is 0. The molecule has 0 atom stereocenters. The van der Waals surface area contributed by atoms with Crippen LogP contribution in [-0.2, 0) is 10.4 Å². The van der Waals surface area contributed by atoms with Gasteiger partial charge in [0.15, 0.2) is 5.60 Å². The van der Waals surface area contributed by atoms with Crippen LogP contribution < -0.4 is 5.01 Å². The first-order valence-corrected chi connectivity index (χ1v) is 11.0. The maximum atomic E-state index is 14.1. The highest BCUT2D eigenvalue weighted by atomic mass is 35.5. The molecule has 164 valence electrons. The molecule has 0 spiro atoms. The van der Waals surface area contributed by atoms with Crippen LogP contribution in [0, 0.1) is 0 Å². The zero-order chi connectivity index (χ0) is 23.3. The van der Waals surface area contributed by atoms with Gasteiger partial charge >= 0.3 is 0 Å². The Morgan fingerprint density at radius 1 is 0.727 bits per heavy atom. The molecule has 6 heteroatoms. The third-order valence-corrected chi connectivity index (χ3v) is 5.65. The Morgan fingerprint density at radius 3 is 1.67 bits per heavy atom. The van der Waals surface area contributed by atoms with Crippen LogP contribution in [0.2, 0.25) is 10.0 Å². The van der Waals surface area contributed by atoms with Crippen LogP contribution in [0.3, 0.4) is 0 Å². The average Bonchev–Trinajstić information content (AvgIpc) is 2.86. The molecule has 0 aromatic heterocycles. The van der Waals surface area contributed by atoms with Crippen molar-refractivity contribution in [3.63, 3.8) is 0 Å². The highest BCUT2D eigenvalue weighted by molar-refractivity contribution is 6.30. The molecular weight excluding hydrogens is 455 g/mol.